The Balaban J connectivity index is 2.06. The number of halogens is 3. The third-order valence-electron chi connectivity index (χ3n) is 5.81. The summed E-state index contributed by atoms with van der Waals surface area (Å²) < 4.78 is 28.4. The molecule has 0 heterocycles. The zero-order chi connectivity index (χ0) is 27.3. The maximum Gasteiger partial charge on any atom is 0.264 e. The number of likely N-dealkylation sites (N-methyl/N-ethyl adjacent to an activating group) is 1. The Labute approximate surface area is 232 Å². The molecule has 11 heteroatoms. The minimum absolute atomic E-state index is 0.0147. The summed E-state index contributed by atoms with van der Waals surface area (Å²) in [5.74, 6) is -1.06. The van der Waals surface area contributed by atoms with Gasteiger partial charge in [-0.05, 0) is 62.4 Å². The molecule has 1 unspecified atom stereocenters. The summed E-state index contributed by atoms with van der Waals surface area (Å²) in [7, 11) is -2.71. The summed E-state index contributed by atoms with van der Waals surface area (Å²) in [6.45, 7) is 2.70. The minimum Gasteiger partial charge on any atom is -0.357 e. The number of nitrogens with one attached hydrogen (secondary N) is 1. The average Bonchev–Trinajstić information content (AvgIpc) is 2.87. The fourth-order valence-electron chi connectivity index (χ4n) is 3.62. The Morgan fingerprint density at radius 1 is 0.919 bits per heavy atom. The Morgan fingerprint density at radius 3 is 2.03 bits per heavy atom. The number of rotatable bonds is 9. The molecule has 0 aliphatic heterocycles. The van der Waals surface area contributed by atoms with E-state index < -0.39 is 34.4 Å². The van der Waals surface area contributed by atoms with Crippen LogP contribution in [0.4, 0.5) is 5.69 Å². The van der Waals surface area contributed by atoms with Crippen molar-refractivity contribution in [1.29, 1.82) is 0 Å². The van der Waals surface area contributed by atoms with Gasteiger partial charge in [-0.25, -0.2) is 8.42 Å². The van der Waals surface area contributed by atoms with E-state index in [9.17, 15) is 18.0 Å². The molecule has 0 fully saturated rings. The molecule has 3 aromatic carbocycles. The van der Waals surface area contributed by atoms with Gasteiger partial charge >= 0.3 is 0 Å². The first-order valence-corrected chi connectivity index (χ1v) is 13.8. The first kappa shape index (κ1) is 28.8. The standard InChI is InChI=1S/C26H26Cl3N3O4S/c1-17-7-13-21(14-8-17)37(35,36)32(20-11-9-19(27)10-12-20)16-25(33)31(18(2)26(34)30-3)15-22-23(28)5-4-6-24(22)29/h4-14,18H,15-16H2,1-3H3,(H,30,34). The molecule has 0 radical (unpaired) electrons. The SMILES string of the molecule is CNC(=O)C(C)N(Cc1c(Cl)cccc1Cl)C(=O)CN(c1ccc(Cl)cc1)S(=O)(=O)c1ccc(C)cc1. The van der Waals surface area contributed by atoms with Gasteiger partial charge in [0.15, 0.2) is 0 Å². The number of carbonyl (C=O) groups is 2. The van der Waals surface area contributed by atoms with Crippen LogP contribution in [0.1, 0.15) is 18.1 Å². The average molecular weight is 583 g/mol. The summed E-state index contributed by atoms with van der Waals surface area (Å²) in [4.78, 5) is 27.6. The van der Waals surface area contributed by atoms with E-state index in [4.69, 9.17) is 34.8 Å². The van der Waals surface area contributed by atoms with Gasteiger partial charge < -0.3 is 10.2 Å². The third-order valence-corrected chi connectivity index (χ3v) is 8.55. The molecule has 0 spiro atoms. The quantitative estimate of drug-likeness (QED) is 0.370. The van der Waals surface area contributed by atoms with Gasteiger partial charge in [0.25, 0.3) is 10.0 Å². The molecule has 3 rings (SSSR count). The van der Waals surface area contributed by atoms with Gasteiger partial charge in [-0.2, -0.15) is 0 Å². The molecule has 37 heavy (non-hydrogen) atoms. The zero-order valence-electron chi connectivity index (χ0n) is 20.4. The molecule has 196 valence electrons. The Bertz CT molecular complexity index is 1360. The second-order valence-electron chi connectivity index (χ2n) is 8.31. The summed E-state index contributed by atoms with van der Waals surface area (Å²) in [6, 6.07) is 16.4. The summed E-state index contributed by atoms with van der Waals surface area (Å²) >= 11 is 18.7. The lowest BCUT2D eigenvalue weighted by Crippen LogP contribution is -2.50. The van der Waals surface area contributed by atoms with Gasteiger partial charge in [0.1, 0.15) is 12.6 Å². The largest absolute Gasteiger partial charge is 0.357 e. The second kappa shape index (κ2) is 12.2. The Kier molecular flexibility index (Phi) is 9.47. The van der Waals surface area contributed by atoms with Gasteiger partial charge in [0.05, 0.1) is 10.6 Å². The van der Waals surface area contributed by atoms with Gasteiger partial charge in [-0.1, -0.05) is 58.6 Å². The number of carbonyl (C=O) groups excluding carboxylic acids is 2. The number of anilines is 1. The highest BCUT2D eigenvalue weighted by molar-refractivity contribution is 7.92. The van der Waals surface area contributed by atoms with Crippen LogP contribution in [-0.4, -0.2) is 44.8 Å². The maximum absolute atomic E-state index is 13.7. The Hall–Kier alpha value is -2.78. The number of nitrogens with zero attached hydrogens (tertiary/aromatic N) is 2. The van der Waals surface area contributed by atoms with Crippen molar-refractivity contribution in [2.24, 2.45) is 0 Å². The van der Waals surface area contributed by atoms with Crippen LogP contribution in [0.3, 0.4) is 0 Å². The number of hydrogen-bond acceptors (Lipinski definition) is 4. The molecule has 0 aromatic heterocycles. The first-order chi connectivity index (χ1) is 17.4. The molecule has 7 nitrogen and oxygen atoms in total. The molecule has 2 amide bonds. The lowest BCUT2D eigenvalue weighted by Gasteiger charge is -2.32. The van der Waals surface area contributed by atoms with E-state index in [2.05, 4.69) is 5.32 Å². The van der Waals surface area contributed by atoms with Crippen LogP contribution in [0.25, 0.3) is 0 Å². The number of sulfonamides is 1. The normalized spacial score (nSPS) is 12.1. The highest BCUT2D eigenvalue weighted by Crippen LogP contribution is 2.29. The van der Waals surface area contributed by atoms with E-state index in [1.807, 2.05) is 6.92 Å². The maximum atomic E-state index is 13.7. The van der Waals surface area contributed by atoms with Gasteiger partial charge in [0.2, 0.25) is 11.8 Å². The molecule has 0 saturated carbocycles. The van der Waals surface area contributed by atoms with E-state index in [0.717, 1.165) is 9.87 Å². The second-order valence-corrected chi connectivity index (χ2v) is 11.4. The van der Waals surface area contributed by atoms with Crippen molar-refractivity contribution in [3.63, 3.8) is 0 Å². The number of amides is 2. The molecule has 3 aromatic rings. The number of benzene rings is 3. The molecule has 0 aliphatic carbocycles. The van der Waals surface area contributed by atoms with Crippen LogP contribution in [0.5, 0.6) is 0 Å². The third kappa shape index (κ3) is 6.76. The van der Waals surface area contributed by atoms with Crippen LogP contribution in [-0.2, 0) is 26.2 Å². The van der Waals surface area contributed by atoms with Crippen LogP contribution >= 0.6 is 34.8 Å². The monoisotopic (exact) mass is 581 g/mol. The van der Waals surface area contributed by atoms with E-state index >= 15 is 0 Å². The van der Waals surface area contributed by atoms with E-state index in [1.54, 1.807) is 37.3 Å². The lowest BCUT2D eigenvalue weighted by molar-refractivity contribution is -0.139. The predicted octanol–water partition coefficient (Wildman–Crippen LogP) is 5.31. The molecule has 1 atom stereocenters. The summed E-state index contributed by atoms with van der Waals surface area (Å²) in [5.41, 5.74) is 1.56. The van der Waals surface area contributed by atoms with Crippen LogP contribution in [0.15, 0.2) is 71.6 Å². The predicted molar refractivity (Wildman–Crippen MR) is 148 cm³/mol. The first-order valence-electron chi connectivity index (χ1n) is 11.2. The van der Waals surface area contributed by atoms with Crippen LogP contribution in [0, 0.1) is 6.92 Å². The van der Waals surface area contributed by atoms with E-state index in [1.165, 1.54) is 48.3 Å². The van der Waals surface area contributed by atoms with Crippen molar-refractivity contribution in [2.75, 3.05) is 17.9 Å². The molecule has 0 bridgehead atoms. The minimum atomic E-state index is -4.16. The fraction of sp³-hybridized carbons (Fsp3) is 0.231. The van der Waals surface area contributed by atoms with Crippen molar-refractivity contribution in [3.05, 3.63) is 92.9 Å². The van der Waals surface area contributed by atoms with Crippen LogP contribution < -0.4 is 9.62 Å². The van der Waals surface area contributed by atoms with Crippen LogP contribution in [0.2, 0.25) is 15.1 Å². The molecule has 1 N–H and O–H groups in total. The van der Waals surface area contributed by atoms with Crippen molar-refractivity contribution < 1.29 is 18.0 Å². The summed E-state index contributed by atoms with van der Waals surface area (Å²) in [6.07, 6.45) is 0. The highest BCUT2D eigenvalue weighted by Gasteiger charge is 2.32. The highest BCUT2D eigenvalue weighted by atomic mass is 35.5. The van der Waals surface area contributed by atoms with E-state index in [-0.39, 0.29) is 17.1 Å². The van der Waals surface area contributed by atoms with Crippen molar-refractivity contribution in [1.82, 2.24) is 10.2 Å². The van der Waals surface area contributed by atoms with Crippen molar-refractivity contribution in [3.8, 4) is 0 Å². The molecular formula is C26H26Cl3N3O4S. The molecule has 0 aliphatic rings. The van der Waals surface area contributed by atoms with Gasteiger partial charge in [-0.15, -0.1) is 0 Å². The number of aryl methyl sites for hydroxylation is 1. The smallest absolute Gasteiger partial charge is 0.264 e. The Morgan fingerprint density at radius 2 is 1.49 bits per heavy atom. The lowest BCUT2D eigenvalue weighted by atomic mass is 10.1. The number of hydrogen-bond donors (Lipinski definition) is 1. The molecule has 0 saturated heterocycles. The van der Waals surface area contributed by atoms with Crippen molar-refractivity contribution in [2.45, 2.75) is 31.3 Å². The zero-order valence-corrected chi connectivity index (χ0v) is 23.5. The fourth-order valence-corrected chi connectivity index (χ4v) is 5.68. The van der Waals surface area contributed by atoms with Gasteiger partial charge in [-0.3, -0.25) is 13.9 Å². The van der Waals surface area contributed by atoms with E-state index in [0.29, 0.717) is 20.6 Å². The molecular weight excluding hydrogens is 557 g/mol. The van der Waals surface area contributed by atoms with Gasteiger partial charge in [0, 0.05) is 34.2 Å². The summed E-state index contributed by atoms with van der Waals surface area (Å²) in [5, 5.41) is 3.56. The van der Waals surface area contributed by atoms with Crippen molar-refractivity contribution >= 4 is 62.3 Å². The topological polar surface area (TPSA) is 86.8 Å².